The van der Waals surface area contributed by atoms with Crippen molar-refractivity contribution in [1.29, 1.82) is 0 Å². The molecule has 4 nitrogen and oxygen atoms in total. The highest BCUT2D eigenvalue weighted by atomic mass is 16.6. The predicted molar refractivity (Wildman–Crippen MR) is 79.8 cm³/mol. The van der Waals surface area contributed by atoms with E-state index in [2.05, 4.69) is 11.1 Å². The third kappa shape index (κ3) is 3.40. The molecule has 1 amide bonds. The molecule has 21 heavy (non-hydrogen) atoms. The molecule has 0 N–H and O–H groups in total. The predicted octanol–water partition coefficient (Wildman–Crippen LogP) is 3.21. The van der Waals surface area contributed by atoms with Crippen molar-refractivity contribution in [3.05, 3.63) is 66.0 Å². The van der Waals surface area contributed by atoms with Crippen LogP contribution in [0.15, 0.2) is 54.9 Å². The van der Waals surface area contributed by atoms with Gasteiger partial charge >= 0.3 is 6.09 Å². The van der Waals surface area contributed by atoms with Crippen LogP contribution in [0, 0.1) is 0 Å². The van der Waals surface area contributed by atoms with Gasteiger partial charge in [-0.1, -0.05) is 36.4 Å². The molecule has 0 unspecified atom stereocenters. The van der Waals surface area contributed by atoms with Gasteiger partial charge in [-0.05, 0) is 23.6 Å². The number of amides is 1. The molecule has 1 fully saturated rings. The van der Waals surface area contributed by atoms with E-state index in [-0.39, 0.29) is 6.09 Å². The molecule has 0 bridgehead atoms. The van der Waals surface area contributed by atoms with E-state index < -0.39 is 0 Å². The van der Waals surface area contributed by atoms with Gasteiger partial charge in [0, 0.05) is 31.4 Å². The lowest BCUT2D eigenvalue weighted by Crippen LogP contribution is -2.29. The first-order valence-electron chi connectivity index (χ1n) is 7.18. The minimum Gasteiger partial charge on any atom is -0.445 e. The van der Waals surface area contributed by atoms with Gasteiger partial charge in [0.05, 0.1) is 0 Å². The lowest BCUT2D eigenvalue weighted by molar-refractivity contribution is 0.104. The second-order valence-electron chi connectivity index (χ2n) is 5.26. The van der Waals surface area contributed by atoms with E-state index in [9.17, 15) is 4.79 Å². The molecule has 1 aliphatic heterocycles. The van der Waals surface area contributed by atoms with E-state index in [1.54, 1.807) is 11.1 Å². The zero-order chi connectivity index (χ0) is 14.5. The van der Waals surface area contributed by atoms with Gasteiger partial charge in [-0.15, -0.1) is 0 Å². The summed E-state index contributed by atoms with van der Waals surface area (Å²) in [7, 11) is 0. The highest BCUT2D eigenvalue weighted by molar-refractivity contribution is 5.68. The molecule has 2 aromatic rings. The summed E-state index contributed by atoms with van der Waals surface area (Å²) in [4.78, 5) is 18.0. The van der Waals surface area contributed by atoms with Crippen molar-refractivity contribution in [2.24, 2.45) is 0 Å². The van der Waals surface area contributed by atoms with Crippen LogP contribution in [0.2, 0.25) is 0 Å². The first-order chi connectivity index (χ1) is 10.3. The van der Waals surface area contributed by atoms with Crippen molar-refractivity contribution in [2.75, 3.05) is 13.1 Å². The molecule has 108 valence electrons. The number of rotatable bonds is 3. The van der Waals surface area contributed by atoms with Crippen molar-refractivity contribution in [3.63, 3.8) is 0 Å². The fraction of sp³-hybridized carbons (Fsp3) is 0.294. The van der Waals surface area contributed by atoms with Crippen molar-refractivity contribution in [1.82, 2.24) is 9.88 Å². The Kier molecular flexibility index (Phi) is 4.15. The van der Waals surface area contributed by atoms with Gasteiger partial charge < -0.3 is 9.64 Å². The van der Waals surface area contributed by atoms with Crippen LogP contribution < -0.4 is 0 Å². The Hall–Kier alpha value is -2.36. The Morgan fingerprint density at radius 3 is 2.86 bits per heavy atom. The van der Waals surface area contributed by atoms with Crippen LogP contribution in [-0.2, 0) is 11.3 Å². The van der Waals surface area contributed by atoms with Crippen molar-refractivity contribution < 1.29 is 9.53 Å². The number of hydrogen-bond donors (Lipinski definition) is 0. The molecule has 3 rings (SSSR count). The summed E-state index contributed by atoms with van der Waals surface area (Å²) in [5, 5.41) is 0. The zero-order valence-corrected chi connectivity index (χ0v) is 11.8. The number of likely N-dealkylation sites (tertiary alicyclic amines) is 1. The van der Waals surface area contributed by atoms with Crippen molar-refractivity contribution >= 4 is 6.09 Å². The van der Waals surface area contributed by atoms with E-state index in [1.165, 1.54) is 5.56 Å². The SMILES string of the molecule is O=C(OCc1ccccc1)N1CC[C@@H](c2cccnc2)C1. The van der Waals surface area contributed by atoms with Gasteiger partial charge in [-0.2, -0.15) is 0 Å². The second kappa shape index (κ2) is 6.39. The number of carbonyl (C=O) groups excluding carboxylic acids is 1. The van der Waals surface area contributed by atoms with E-state index in [4.69, 9.17) is 4.74 Å². The number of nitrogens with zero attached hydrogens (tertiary/aromatic N) is 2. The summed E-state index contributed by atoms with van der Waals surface area (Å²) in [6.45, 7) is 1.78. The van der Waals surface area contributed by atoms with Crippen LogP contribution in [0.4, 0.5) is 4.79 Å². The minimum absolute atomic E-state index is 0.231. The van der Waals surface area contributed by atoms with Crippen LogP contribution in [0.1, 0.15) is 23.5 Å². The lowest BCUT2D eigenvalue weighted by Gasteiger charge is -2.16. The van der Waals surface area contributed by atoms with Crippen LogP contribution >= 0.6 is 0 Å². The standard InChI is InChI=1S/C17H18N2O2/c20-17(21-13-14-5-2-1-3-6-14)19-10-8-16(12-19)15-7-4-9-18-11-15/h1-7,9,11,16H,8,10,12-13H2/t16-/m1/s1. The molecule has 0 saturated carbocycles. The maximum Gasteiger partial charge on any atom is 0.410 e. The first kappa shape index (κ1) is 13.6. The molecule has 1 aliphatic rings. The monoisotopic (exact) mass is 282 g/mol. The molecule has 0 aliphatic carbocycles. The Balaban J connectivity index is 1.53. The number of pyridine rings is 1. The van der Waals surface area contributed by atoms with Crippen LogP contribution in [-0.4, -0.2) is 29.1 Å². The normalized spacial score (nSPS) is 17.7. The second-order valence-corrected chi connectivity index (χ2v) is 5.26. The highest BCUT2D eigenvalue weighted by Crippen LogP contribution is 2.26. The topological polar surface area (TPSA) is 42.4 Å². The average molecular weight is 282 g/mol. The summed E-state index contributed by atoms with van der Waals surface area (Å²) in [6.07, 6.45) is 4.38. The molecule has 1 aromatic carbocycles. The maximum atomic E-state index is 12.1. The molecule has 2 heterocycles. The van der Waals surface area contributed by atoms with Gasteiger partial charge in [-0.25, -0.2) is 4.79 Å². The van der Waals surface area contributed by atoms with E-state index in [0.717, 1.165) is 18.5 Å². The first-order valence-corrected chi connectivity index (χ1v) is 7.18. The number of ether oxygens (including phenoxy) is 1. The zero-order valence-electron chi connectivity index (χ0n) is 11.8. The fourth-order valence-corrected chi connectivity index (χ4v) is 2.63. The van der Waals surface area contributed by atoms with Crippen molar-refractivity contribution in [3.8, 4) is 0 Å². The summed E-state index contributed by atoms with van der Waals surface area (Å²) in [5.74, 6) is 0.364. The molecular weight excluding hydrogens is 264 g/mol. The Morgan fingerprint density at radius 2 is 2.10 bits per heavy atom. The summed E-state index contributed by atoms with van der Waals surface area (Å²) >= 11 is 0. The van der Waals surface area contributed by atoms with Gasteiger partial charge in [0.2, 0.25) is 0 Å². The number of benzene rings is 1. The quantitative estimate of drug-likeness (QED) is 0.868. The fourth-order valence-electron chi connectivity index (χ4n) is 2.63. The third-order valence-corrected chi connectivity index (χ3v) is 3.81. The maximum absolute atomic E-state index is 12.1. The molecule has 0 radical (unpaired) electrons. The lowest BCUT2D eigenvalue weighted by atomic mass is 10.0. The largest absolute Gasteiger partial charge is 0.445 e. The Morgan fingerprint density at radius 1 is 1.24 bits per heavy atom. The van der Waals surface area contributed by atoms with Crippen LogP contribution in [0.25, 0.3) is 0 Å². The molecule has 4 heteroatoms. The summed E-state index contributed by atoms with van der Waals surface area (Å²) in [5.41, 5.74) is 2.20. The van der Waals surface area contributed by atoms with Gasteiger partial charge in [0.15, 0.2) is 0 Å². The molecular formula is C17H18N2O2. The smallest absolute Gasteiger partial charge is 0.410 e. The van der Waals surface area contributed by atoms with E-state index >= 15 is 0 Å². The van der Waals surface area contributed by atoms with Crippen LogP contribution in [0.3, 0.4) is 0 Å². The summed E-state index contributed by atoms with van der Waals surface area (Å²) < 4.78 is 5.37. The highest BCUT2D eigenvalue weighted by Gasteiger charge is 2.28. The molecule has 1 aromatic heterocycles. The Labute approximate surface area is 124 Å². The minimum atomic E-state index is -0.231. The average Bonchev–Trinajstić information content (AvgIpc) is 3.04. The molecule has 1 saturated heterocycles. The van der Waals surface area contributed by atoms with Crippen molar-refractivity contribution in [2.45, 2.75) is 18.9 Å². The van der Waals surface area contributed by atoms with Gasteiger partial charge in [0.25, 0.3) is 0 Å². The van der Waals surface area contributed by atoms with Gasteiger partial charge in [0.1, 0.15) is 6.61 Å². The van der Waals surface area contributed by atoms with E-state index in [0.29, 0.717) is 19.1 Å². The third-order valence-electron chi connectivity index (χ3n) is 3.81. The molecule has 1 atom stereocenters. The number of hydrogen-bond acceptors (Lipinski definition) is 3. The number of carbonyl (C=O) groups is 1. The van der Waals surface area contributed by atoms with Crippen LogP contribution in [0.5, 0.6) is 0 Å². The molecule has 0 spiro atoms. The van der Waals surface area contributed by atoms with Gasteiger partial charge in [-0.3, -0.25) is 4.98 Å². The number of aromatic nitrogens is 1. The summed E-state index contributed by atoms with van der Waals surface area (Å²) in [6, 6.07) is 13.7. The van der Waals surface area contributed by atoms with E-state index in [1.807, 2.05) is 42.6 Å². The Bertz CT molecular complexity index is 586.